The molecule has 0 fully saturated rings. The number of rotatable bonds is 11. The van der Waals surface area contributed by atoms with E-state index in [0.29, 0.717) is 17.0 Å². The van der Waals surface area contributed by atoms with Crippen LogP contribution in [0.2, 0.25) is 15.1 Å². The molecule has 0 unspecified atom stereocenters. The van der Waals surface area contributed by atoms with Crippen LogP contribution in [-0.4, -0.2) is 43.8 Å². The molecule has 214 valence electrons. The van der Waals surface area contributed by atoms with Crippen LogP contribution < -0.4 is 9.62 Å². The molecule has 0 aromatic heterocycles. The second-order valence-electron chi connectivity index (χ2n) is 9.65. The summed E-state index contributed by atoms with van der Waals surface area (Å²) < 4.78 is 28.8. The molecule has 0 bridgehead atoms. The van der Waals surface area contributed by atoms with Crippen molar-refractivity contribution in [1.29, 1.82) is 0 Å². The van der Waals surface area contributed by atoms with Crippen molar-refractivity contribution in [2.24, 2.45) is 0 Å². The minimum absolute atomic E-state index is 0.00273. The maximum absolute atomic E-state index is 14.1. The number of anilines is 1. The lowest BCUT2D eigenvalue weighted by atomic mass is 10.1. The molecule has 11 heteroatoms. The Hall–Kier alpha value is -2.78. The van der Waals surface area contributed by atoms with Crippen molar-refractivity contribution in [2.75, 3.05) is 10.8 Å². The van der Waals surface area contributed by atoms with Gasteiger partial charge in [-0.3, -0.25) is 13.9 Å². The molecule has 0 heterocycles. The minimum atomic E-state index is -4.24. The van der Waals surface area contributed by atoms with Gasteiger partial charge in [-0.15, -0.1) is 0 Å². The lowest BCUT2D eigenvalue weighted by molar-refractivity contribution is -0.140. The molecule has 2 amide bonds. The van der Waals surface area contributed by atoms with E-state index in [0.717, 1.165) is 9.87 Å². The SMILES string of the molecule is CC[C@H](C(=O)NC(C)C)N(Cc1ccccc1Cl)C(=O)CN(c1cc(Cl)cc(Cl)c1)S(=O)(=O)c1ccc(C)cc1. The molecular formula is C29H32Cl3N3O4S. The quantitative estimate of drug-likeness (QED) is 0.265. The smallest absolute Gasteiger partial charge is 0.264 e. The maximum atomic E-state index is 14.1. The molecule has 7 nitrogen and oxygen atoms in total. The first-order valence-electron chi connectivity index (χ1n) is 12.7. The van der Waals surface area contributed by atoms with Crippen LogP contribution in [0.25, 0.3) is 0 Å². The van der Waals surface area contributed by atoms with Crippen molar-refractivity contribution in [3.63, 3.8) is 0 Å². The number of nitrogens with zero attached hydrogens (tertiary/aromatic N) is 2. The van der Waals surface area contributed by atoms with Crippen molar-refractivity contribution in [2.45, 2.75) is 57.6 Å². The fraction of sp³-hybridized carbons (Fsp3) is 0.310. The van der Waals surface area contributed by atoms with Crippen LogP contribution >= 0.6 is 34.8 Å². The zero-order valence-corrected chi connectivity index (χ0v) is 25.8. The lowest BCUT2D eigenvalue weighted by Gasteiger charge is -2.33. The molecule has 0 spiro atoms. The molecule has 0 aliphatic carbocycles. The monoisotopic (exact) mass is 623 g/mol. The Labute approximate surface area is 251 Å². The molecular weight excluding hydrogens is 593 g/mol. The first kappa shape index (κ1) is 31.7. The average Bonchev–Trinajstić information content (AvgIpc) is 2.87. The van der Waals surface area contributed by atoms with E-state index in [2.05, 4.69) is 5.32 Å². The zero-order valence-electron chi connectivity index (χ0n) is 22.7. The average molecular weight is 625 g/mol. The van der Waals surface area contributed by atoms with Gasteiger partial charge in [0.2, 0.25) is 11.8 Å². The summed E-state index contributed by atoms with van der Waals surface area (Å²) >= 11 is 18.9. The van der Waals surface area contributed by atoms with Crippen LogP contribution in [0.15, 0.2) is 71.6 Å². The summed E-state index contributed by atoms with van der Waals surface area (Å²) in [5.41, 5.74) is 1.61. The summed E-state index contributed by atoms with van der Waals surface area (Å²) in [4.78, 5) is 28.6. The van der Waals surface area contributed by atoms with Crippen LogP contribution in [0.3, 0.4) is 0 Å². The number of hydrogen-bond acceptors (Lipinski definition) is 4. The second kappa shape index (κ2) is 13.7. The molecule has 40 heavy (non-hydrogen) atoms. The van der Waals surface area contributed by atoms with Gasteiger partial charge in [0.1, 0.15) is 12.6 Å². The Morgan fingerprint density at radius 2 is 1.52 bits per heavy atom. The minimum Gasteiger partial charge on any atom is -0.352 e. The van der Waals surface area contributed by atoms with Gasteiger partial charge in [-0.2, -0.15) is 0 Å². The van der Waals surface area contributed by atoms with Crippen molar-refractivity contribution >= 4 is 62.3 Å². The van der Waals surface area contributed by atoms with Gasteiger partial charge in [0, 0.05) is 27.7 Å². The predicted octanol–water partition coefficient (Wildman–Crippen LogP) is 6.48. The number of carbonyl (C=O) groups is 2. The molecule has 3 aromatic carbocycles. The Kier molecular flexibility index (Phi) is 10.9. The van der Waals surface area contributed by atoms with Crippen LogP contribution in [0.1, 0.15) is 38.3 Å². The summed E-state index contributed by atoms with van der Waals surface area (Å²) in [5, 5.41) is 3.69. The third kappa shape index (κ3) is 7.91. The number of hydrogen-bond donors (Lipinski definition) is 1. The Bertz CT molecular complexity index is 1440. The fourth-order valence-electron chi connectivity index (χ4n) is 4.16. The Morgan fingerprint density at radius 3 is 2.08 bits per heavy atom. The van der Waals surface area contributed by atoms with E-state index in [-0.39, 0.29) is 39.1 Å². The molecule has 0 aliphatic heterocycles. The van der Waals surface area contributed by atoms with Gasteiger partial charge in [-0.25, -0.2) is 8.42 Å². The Morgan fingerprint density at radius 1 is 0.925 bits per heavy atom. The molecule has 1 N–H and O–H groups in total. The normalized spacial score (nSPS) is 12.2. The van der Waals surface area contributed by atoms with Gasteiger partial charge in [0.05, 0.1) is 10.6 Å². The highest BCUT2D eigenvalue weighted by Gasteiger charge is 2.34. The molecule has 0 saturated heterocycles. The molecule has 3 aromatic rings. The number of aryl methyl sites for hydroxylation is 1. The van der Waals surface area contributed by atoms with Crippen molar-refractivity contribution in [3.05, 3.63) is 92.9 Å². The number of nitrogens with one attached hydrogen (secondary N) is 1. The number of carbonyl (C=O) groups excluding carboxylic acids is 2. The molecule has 3 rings (SSSR count). The van der Waals surface area contributed by atoms with E-state index in [1.807, 2.05) is 20.8 Å². The summed E-state index contributed by atoms with van der Waals surface area (Å²) in [6.07, 6.45) is 0.294. The highest BCUT2D eigenvalue weighted by Crippen LogP contribution is 2.30. The van der Waals surface area contributed by atoms with E-state index in [1.54, 1.807) is 43.3 Å². The highest BCUT2D eigenvalue weighted by molar-refractivity contribution is 7.92. The van der Waals surface area contributed by atoms with E-state index in [4.69, 9.17) is 34.8 Å². The summed E-state index contributed by atoms with van der Waals surface area (Å²) in [6.45, 7) is 6.66. The van der Waals surface area contributed by atoms with Crippen LogP contribution in [0, 0.1) is 6.92 Å². The van der Waals surface area contributed by atoms with Gasteiger partial charge in [-0.1, -0.05) is 77.6 Å². The van der Waals surface area contributed by atoms with Crippen molar-refractivity contribution in [3.8, 4) is 0 Å². The van der Waals surface area contributed by atoms with E-state index in [1.165, 1.54) is 35.2 Å². The number of amides is 2. The third-order valence-electron chi connectivity index (χ3n) is 6.14. The van der Waals surface area contributed by atoms with Crippen LogP contribution in [-0.2, 0) is 26.2 Å². The largest absolute Gasteiger partial charge is 0.352 e. The summed E-state index contributed by atoms with van der Waals surface area (Å²) in [5.74, 6) is -0.950. The standard InChI is InChI=1S/C29H32Cl3N3O4S/c1-5-27(29(37)33-19(2)3)34(17-21-8-6-7-9-26(21)32)28(36)18-35(24-15-22(30)14-23(31)16-24)40(38,39)25-12-10-20(4)11-13-25/h6-16,19,27H,5,17-18H2,1-4H3,(H,33,37)/t27-/m1/s1. The first-order chi connectivity index (χ1) is 18.8. The summed E-state index contributed by atoms with van der Waals surface area (Å²) in [6, 6.07) is 16.6. The number of halogens is 3. The van der Waals surface area contributed by atoms with E-state index >= 15 is 0 Å². The predicted molar refractivity (Wildman–Crippen MR) is 162 cm³/mol. The van der Waals surface area contributed by atoms with Gasteiger partial charge in [-0.05, 0) is 69.2 Å². The van der Waals surface area contributed by atoms with E-state index in [9.17, 15) is 18.0 Å². The van der Waals surface area contributed by atoms with E-state index < -0.39 is 28.5 Å². The molecule has 1 atom stereocenters. The van der Waals surface area contributed by atoms with Gasteiger partial charge in [0.25, 0.3) is 10.0 Å². The molecule has 0 saturated carbocycles. The summed E-state index contributed by atoms with van der Waals surface area (Å²) in [7, 11) is -4.24. The maximum Gasteiger partial charge on any atom is 0.264 e. The topological polar surface area (TPSA) is 86.8 Å². The molecule has 0 radical (unpaired) electrons. The van der Waals surface area contributed by atoms with Gasteiger partial charge >= 0.3 is 0 Å². The lowest BCUT2D eigenvalue weighted by Crippen LogP contribution is -2.53. The van der Waals surface area contributed by atoms with Crippen LogP contribution in [0.4, 0.5) is 5.69 Å². The second-order valence-corrected chi connectivity index (χ2v) is 12.8. The van der Waals surface area contributed by atoms with Gasteiger partial charge in [0.15, 0.2) is 0 Å². The number of sulfonamides is 1. The highest BCUT2D eigenvalue weighted by atomic mass is 35.5. The Balaban J connectivity index is 2.11. The van der Waals surface area contributed by atoms with Gasteiger partial charge < -0.3 is 10.2 Å². The van der Waals surface area contributed by atoms with Crippen LogP contribution in [0.5, 0.6) is 0 Å². The van der Waals surface area contributed by atoms with Crippen molar-refractivity contribution in [1.82, 2.24) is 10.2 Å². The number of benzene rings is 3. The molecule has 0 aliphatic rings. The fourth-order valence-corrected chi connectivity index (χ4v) is 6.27. The zero-order chi connectivity index (χ0) is 29.6. The third-order valence-corrected chi connectivity index (χ3v) is 8.73. The van der Waals surface area contributed by atoms with Crippen molar-refractivity contribution < 1.29 is 18.0 Å². The first-order valence-corrected chi connectivity index (χ1v) is 15.3.